The summed E-state index contributed by atoms with van der Waals surface area (Å²) in [6.07, 6.45) is 3.97. The Labute approximate surface area is 179 Å². The van der Waals surface area contributed by atoms with Crippen LogP contribution in [0.25, 0.3) is 0 Å². The van der Waals surface area contributed by atoms with Crippen molar-refractivity contribution in [3.05, 3.63) is 22.2 Å². The third-order valence-electron chi connectivity index (χ3n) is 4.50. The summed E-state index contributed by atoms with van der Waals surface area (Å²) in [5.74, 6) is -0.651. The first-order valence-corrected chi connectivity index (χ1v) is 11.6. The zero-order valence-electron chi connectivity index (χ0n) is 15.4. The Morgan fingerprint density at radius 2 is 1.93 bits per heavy atom. The predicted octanol–water partition coefficient (Wildman–Crippen LogP) is 4.82. The van der Waals surface area contributed by atoms with Gasteiger partial charge in [-0.15, -0.1) is 23.5 Å². The van der Waals surface area contributed by atoms with E-state index in [-0.39, 0.29) is 35.5 Å². The summed E-state index contributed by atoms with van der Waals surface area (Å²) in [6.45, 7) is 3.98. The second-order valence-corrected chi connectivity index (χ2v) is 9.98. The first-order chi connectivity index (χ1) is 12.9. The van der Waals surface area contributed by atoms with Crippen molar-refractivity contribution in [3.8, 4) is 0 Å². The third kappa shape index (κ3) is 6.04. The minimum atomic E-state index is -0.513. The van der Waals surface area contributed by atoms with Crippen molar-refractivity contribution in [1.82, 2.24) is 5.32 Å². The van der Waals surface area contributed by atoms with Crippen LogP contribution in [0.15, 0.2) is 21.9 Å². The van der Waals surface area contributed by atoms with Gasteiger partial charge in [-0.2, -0.15) is 0 Å². The molecule has 4 unspecified atom stereocenters. The highest BCUT2D eigenvalue weighted by molar-refractivity contribution is 8.06. The molecule has 27 heavy (non-hydrogen) atoms. The van der Waals surface area contributed by atoms with Gasteiger partial charge in [0.25, 0.3) is 0 Å². The Morgan fingerprint density at radius 3 is 2.48 bits per heavy atom. The maximum Gasteiger partial charge on any atom is 0.220 e. The van der Waals surface area contributed by atoms with Crippen LogP contribution in [0.4, 0.5) is 0 Å². The average Bonchev–Trinajstić information content (AvgIpc) is 2.66. The highest BCUT2D eigenvalue weighted by Gasteiger charge is 2.38. The molecular formula is C19H25Cl2NO3S2. The first kappa shape index (κ1) is 22.9. The van der Waals surface area contributed by atoms with Gasteiger partial charge in [0.15, 0.2) is 0 Å². The van der Waals surface area contributed by atoms with Crippen LogP contribution in [0.2, 0.25) is 10.0 Å². The van der Waals surface area contributed by atoms with Gasteiger partial charge in [0.05, 0.1) is 16.7 Å². The van der Waals surface area contributed by atoms with E-state index in [2.05, 4.69) is 12.2 Å². The molecule has 4 nitrogen and oxygen atoms in total. The number of aldehydes is 1. The van der Waals surface area contributed by atoms with E-state index in [0.29, 0.717) is 10.0 Å². The summed E-state index contributed by atoms with van der Waals surface area (Å²) in [4.78, 5) is 25.8. The molecule has 1 aromatic carbocycles. The maximum atomic E-state index is 12.4. The molecule has 0 aromatic heterocycles. The molecule has 150 valence electrons. The molecule has 0 saturated carbocycles. The monoisotopic (exact) mass is 449 g/mol. The molecule has 1 heterocycles. The minimum Gasteiger partial charge on any atom is -0.395 e. The Morgan fingerprint density at radius 1 is 1.30 bits per heavy atom. The quantitative estimate of drug-likeness (QED) is 0.528. The van der Waals surface area contributed by atoms with Crippen molar-refractivity contribution in [2.24, 2.45) is 5.92 Å². The van der Waals surface area contributed by atoms with Gasteiger partial charge in [-0.05, 0) is 25.5 Å². The Balaban J connectivity index is 2.12. The van der Waals surface area contributed by atoms with Gasteiger partial charge in [0.1, 0.15) is 6.29 Å². The summed E-state index contributed by atoms with van der Waals surface area (Å²) in [6, 6.07) is 3.54. The second-order valence-electron chi connectivity index (χ2n) is 6.72. The molecule has 8 heteroatoms. The van der Waals surface area contributed by atoms with Gasteiger partial charge in [0.2, 0.25) is 5.91 Å². The molecule has 0 saturated heterocycles. The van der Waals surface area contributed by atoms with E-state index in [1.165, 1.54) is 23.5 Å². The number of aliphatic hydroxyl groups excluding tert-OH is 1. The molecule has 1 aliphatic heterocycles. The summed E-state index contributed by atoms with van der Waals surface area (Å²) in [7, 11) is 0. The maximum absolute atomic E-state index is 12.4. The van der Waals surface area contributed by atoms with Crippen LogP contribution in [0.5, 0.6) is 0 Å². The normalized spacial score (nSPS) is 21.2. The Bertz CT molecular complexity index is 675. The van der Waals surface area contributed by atoms with Gasteiger partial charge in [-0.25, -0.2) is 0 Å². The smallest absolute Gasteiger partial charge is 0.220 e. The van der Waals surface area contributed by atoms with Crippen LogP contribution >= 0.6 is 46.7 Å². The van der Waals surface area contributed by atoms with Crippen LogP contribution in [0.1, 0.15) is 39.5 Å². The van der Waals surface area contributed by atoms with Crippen LogP contribution in [0, 0.1) is 5.92 Å². The Hall–Kier alpha value is -0.400. The first-order valence-electron chi connectivity index (χ1n) is 9.08. The van der Waals surface area contributed by atoms with Crippen LogP contribution in [-0.2, 0) is 9.59 Å². The molecule has 1 amide bonds. The second kappa shape index (κ2) is 11.0. The van der Waals surface area contributed by atoms with Crippen LogP contribution < -0.4 is 5.32 Å². The van der Waals surface area contributed by atoms with Gasteiger partial charge >= 0.3 is 0 Å². The lowest BCUT2D eigenvalue weighted by Crippen LogP contribution is -2.39. The number of fused-ring (bicyclic) bond motifs is 1. The number of unbranched alkanes of at least 4 members (excludes halogenated alkanes) is 1. The van der Waals surface area contributed by atoms with E-state index >= 15 is 0 Å². The van der Waals surface area contributed by atoms with E-state index in [0.717, 1.165) is 35.3 Å². The third-order valence-corrected chi connectivity index (χ3v) is 8.67. The lowest BCUT2D eigenvalue weighted by atomic mass is 9.99. The number of hydrogen-bond donors (Lipinski definition) is 2. The van der Waals surface area contributed by atoms with Crippen molar-refractivity contribution in [2.45, 2.75) is 65.9 Å². The highest BCUT2D eigenvalue weighted by Crippen LogP contribution is 2.52. The van der Waals surface area contributed by atoms with Crippen LogP contribution in [0.3, 0.4) is 0 Å². The summed E-state index contributed by atoms with van der Waals surface area (Å²) >= 11 is 15.4. The number of amides is 1. The van der Waals surface area contributed by atoms with E-state index < -0.39 is 5.92 Å². The number of carbonyl (C=O) groups is 2. The van der Waals surface area contributed by atoms with E-state index in [1.54, 1.807) is 12.1 Å². The number of benzene rings is 1. The molecular weight excluding hydrogens is 425 g/mol. The number of rotatable bonds is 9. The largest absolute Gasteiger partial charge is 0.395 e. The topological polar surface area (TPSA) is 66.4 Å². The van der Waals surface area contributed by atoms with Gasteiger partial charge in [-0.1, -0.05) is 43.0 Å². The van der Waals surface area contributed by atoms with Gasteiger partial charge in [0, 0.05) is 38.7 Å². The minimum absolute atomic E-state index is 0.0840. The van der Waals surface area contributed by atoms with E-state index in [4.69, 9.17) is 23.2 Å². The molecule has 2 N–H and O–H groups in total. The molecule has 0 aliphatic carbocycles. The number of nitrogens with one attached hydrogen (secondary N) is 1. The highest BCUT2D eigenvalue weighted by atomic mass is 35.5. The average molecular weight is 450 g/mol. The van der Waals surface area contributed by atoms with Crippen molar-refractivity contribution >= 4 is 58.9 Å². The molecule has 0 spiro atoms. The van der Waals surface area contributed by atoms with Crippen LogP contribution in [-0.4, -0.2) is 40.4 Å². The fraction of sp³-hybridized carbons (Fsp3) is 0.579. The molecule has 1 aliphatic rings. The van der Waals surface area contributed by atoms with E-state index in [1.807, 2.05) is 6.92 Å². The summed E-state index contributed by atoms with van der Waals surface area (Å²) < 4.78 is 0. The number of hydrogen-bond acceptors (Lipinski definition) is 5. The SMILES string of the molecule is CCCCC(C)NC(=O)CC(C=O)C1Sc2c(Cl)ccc(Cl)c2SC1CO. The fourth-order valence-electron chi connectivity index (χ4n) is 3.04. The Kier molecular flexibility index (Phi) is 9.29. The molecule has 0 radical (unpaired) electrons. The standard InChI is InChI=1S/C19H25Cl2NO3S2/c1-3-4-5-11(2)22-16(25)8-12(9-23)17-15(10-24)26-18-13(20)6-7-14(21)19(18)27-17/h6-7,9,11-12,15,17,24H,3-5,8,10H2,1-2H3,(H,22,25). The number of aliphatic hydroxyl groups is 1. The van der Waals surface area contributed by atoms with Crippen molar-refractivity contribution in [2.75, 3.05) is 6.61 Å². The van der Waals surface area contributed by atoms with Crippen molar-refractivity contribution in [1.29, 1.82) is 0 Å². The molecule has 2 rings (SSSR count). The van der Waals surface area contributed by atoms with Gasteiger partial charge in [-0.3, -0.25) is 4.79 Å². The fourth-order valence-corrected chi connectivity index (χ4v) is 6.71. The predicted molar refractivity (Wildman–Crippen MR) is 114 cm³/mol. The molecule has 4 atom stereocenters. The van der Waals surface area contributed by atoms with E-state index in [9.17, 15) is 14.7 Å². The zero-order valence-corrected chi connectivity index (χ0v) is 18.6. The lowest BCUT2D eigenvalue weighted by Gasteiger charge is -2.34. The number of halogens is 2. The molecule has 1 aromatic rings. The lowest BCUT2D eigenvalue weighted by molar-refractivity contribution is -0.125. The number of thioether (sulfide) groups is 2. The molecule has 0 fully saturated rings. The van der Waals surface area contributed by atoms with Crippen molar-refractivity contribution in [3.63, 3.8) is 0 Å². The molecule has 0 bridgehead atoms. The van der Waals surface area contributed by atoms with Gasteiger partial charge < -0.3 is 15.2 Å². The summed E-state index contributed by atoms with van der Waals surface area (Å²) in [5, 5.41) is 13.5. The zero-order chi connectivity index (χ0) is 20.0. The summed E-state index contributed by atoms with van der Waals surface area (Å²) in [5.41, 5.74) is 0. The van der Waals surface area contributed by atoms with Crippen molar-refractivity contribution < 1.29 is 14.7 Å². The number of carbonyl (C=O) groups excluding carboxylic acids is 2.